The summed E-state index contributed by atoms with van der Waals surface area (Å²) >= 11 is 3.40. The van der Waals surface area contributed by atoms with Crippen LogP contribution in [0.3, 0.4) is 0 Å². The number of hydrogen-bond acceptors (Lipinski definition) is 4. The number of nitrogens with zero attached hydrogens (tertiary/aromatic N) is 4. The molecular weight excluding hydrogens is 372 g/mol. The molecule has 1 aliphatic rings. The summed E-state index contributed by atoms with van der Waals surface area (Å²) in [6.07, 6.45) is 4.39. The molecule has 0 bridgehead atoms. The molecule has 0 saturated carbocycles. The number of piperidine rings is 1. The lowest BCUT2D eigenvalue weighted by Gasteiger charge is -2.33. The van der Waals surface area contributed by atoms with Crippen LogP contribution in [0.2, 0.25) is 0 Å². The molecule has 0 radical (unpaired) electrons. The lowest BCUT2D eigenvalue weighted by atomic mass is 10.0. The average molecular weight is 393 g/mol. The van der Waals surface area contributed by atoms with Crippen LogP contribution in [0.15, 0.2) is 35.1 Å². The molecule has 3 rings (SSSR count). The van der Waals surface area contributed by atoms with Crippen LogP contribution in [-0.2, 0) is 11.2 Å². The first-order valence-corrected chi connectivity index (χ1v) is 8.90. The van der Waals surface area contributed by atoms with Crippen molar-refractivity contribution in [2.75, 3.05) is 26.8 Å². The Balaban J connectivity index is 1.60. The third kappa shape index (κ3) is 3.84. The van der Waals surface area contributed by atoms with Gasteiger partial charge in [0.15, 0.2) is 0 Å². The highest BCUT2D eigenvalue weighted by Gasteiger charge is 2.25. The van der Waals surface area contributed by atoms with Gasteiger partial charge in [0.05, 0.1) is 6.61 Å². The van der Waals surface area contributed by atoms with Crippen molar-refractivity contribution in [3.63, 3.8) is 0 Å². The van der Waals surface area contributed by atoms with Gasteiger partial charge in [-0.15, -0.1) is 10.2 Å². The van der Waals surface area contributed by atoms with Gasteiger partial charge in [-0.05, 0) is 37.1 Å². The summed E-state index contributed by atoms with van der Waals surface area (Å²) in [6, 6.07) is 7.88. The molecule has 1 amide bonds. The minimum Gasteiger partial charge on any atom is -0.384 e. The maximum atomic E-state index is 12.6. The third-order valence-electron chi connectivity index (χ3n) is 4.41. The Morgan fingerprint density at radius 3 is 2.67 bits per heavy atom. The molecule has 0 spiro atoms. The van der Waals surface area contributed by atoms with Gasteiger partial charge in [-0.1, -0.05) is 15.9 Å². The normalized spacial score (nSPS) is 15.7. The highest BCUT2D eigenvalue weighted by molar-refractivity contribution is 9.10. The summed E-state index contributed by atoms with van der Waals surface area (Å²) in [5, 5.41) is 8.22. The topological polar surface area (TPSA) is 60.3 Å². The molecule has 7 heteroatoms. The summed E-state index contributed by atoms with van der Waals surface area (Å²) in [5.41, 5.74) is 0.738. The number of carbonyl (C=O) groups is 1. The van der Waals surface area contributed by atoms with Gasteiger partial charge in [-0.3, -0.25) is 4.79 Å². The van der Waals surface area contributed by atoms with Crippen molar-refractivity contribution in [2.45, 2.75) is 25.3 Å². The molecule has 0 aliphatic carbocycles. The van der Waals surface area contributed by atoms with Crippen molar-refractivity contribution < 1.29 is 9.53 Å². The highest BCUT2D eigenvalue weighted by atomic mass is 79.9. The van der Waals surface area contributed by atoms with Gasteiger partial charge in [-0.25, -0.2) is 0 Å². The second kappa shape index (κ2) is 7.90. The van der Waals surface area contributed by atoms with Gasteiger partial charge in [0, 0.05) is 42.7 Å². The Labute approximate surface area is 149 Å². The lowest BCUT2D eigenvalue weighted by Crippen LogP contribution is -2.39. The van der Waals surface area contributed by atoms with E-state index in [1.165, 1.54) is 0 Å². The standard InChI is InChI=1S/C17H21BrN4O2/c1-24-11-8-16-20-19-12-22(16)15-6-9-21(10-7-15)17(23)13-2-4-14(18)5-3-13/h2-5,12,15H,6-11H2,1H3. The van der Waals surface area contributed by atoms with E-state index in [4.69, 9.17) is 4.74 Å². The van der Waals surface area contributed by atoms with Gasteiger partial charge >= 0.3 is 0 Å². The molecule has 1 aliphatic heterocycles. The second-order valence-electron chi connectivity index (χ2n) is 5.93. The molecule has 1 aromatic carbocycles. The van der Waals surface area contributed by atoms with Crippen molar-refractivity contribution in [1.82, 2.24) is 19.7 Å². The van der Waals surface area contributed by atoms with Crippen LogP contribution in [0.4, 0.5) is 0 Å². The zero-order valence-electron chi connectivity index (χ0n) is 13.7. The van der Waals surface area contributed by atoms with Crippen LogP contribution in [0.5, 0.6) is 0 Å². The Bertz CT molecular complexity index is 678. The molecule has 0 unspecified atom stereocenters. The van der Waals surface area contributed by atoms with Crippen molar-refractivity contribution in [1.29, 1.82) is 0 Å². The van der Waals surface area contributed by atoms with E-state index in [1.54, 1.807) is 13.4 Å². The third-order valence-corrected chi connectivity index (χ3v) is 4.94. The maximum Gasteiger partial charge on any atom is 0.253 e. The van der Waals surface area contributed by atoms with Gasteiger partial charge in [0.1, 0.15) is 12.2 Å². The number of carbonyl (C=O) groups excluding carboxylic acids is 1. The molecule has 6 nitrogen and oxygen atoms in total. The first kappa shape index (κ1) is 17.1. The SMILES string of the molecule is COCCc1nncn1C1CCN(C(=O)c2ccc(Br)cc2)CC1. The zero-order chi connectivity index (χ0) is 16.9. The van der Waals surface area contributed by atoms with Crippen molar-refractivity contribution in [3.8, 4) is 0 Å². The lowest BCUT2D eigenvalue weighted by molar-refractivity contribution is 0.0693. The van der Waals surface area contributed by atoms with Crippen LogP contribution < -0.4 is 0 Å². The van der Waals surface area contributed by atoms with Gasteiger partial charge < -0.3 is 14.2 Å². The molecule has 2 aromatic rings. The number of methoxy groups -OCH3 is 1. The minimum atomic E-state index is 0.101. The summed E-state index contributed by atoms with van der Waals surface area (Å²) in [7, 11) is 1.69. The molecule has 24 heavy (non-hydrogen) atoms. The quantitative estimate of drug-likeness (QED) is 0.784. The first-order valence-electron chi connectivity index (χ1n) is 8.11. The molecule has 0 N–H and O–H groups in total. The van der Waals surface area contributed by atoms with Crippen molar-refractivity contribution >= 4 is 21.8 Å². The summed E-state index contributed by atoms with van der Waals surface area (Å²) in [5.74, 6) is 1.05. The predicted molar refractivity (Wildman–Crippen MR) is 93.9 cm³/mol. The van der Waals surface area contributed by atoms with E-state index < -0.39 is 0 Å². The summed E-state index contributed by atoms with van der Waals surface area (Å²) in [4.78, 5) is 14.5. The van der Waals surface area contributed by atoms with E-state index in [9.17, 15) is 4.79 Å². The number of rotatable bonds is 5. The molecule has 128 valence electrons. The van der Waals surface area contributed by atoms with Crippen molar-refractivity contribution in [2.24, 2.45) is 0 Å². The maximum absolute atomic E-state index is 12.6. The van der Waals surface area contributed by atoms with E-state index in [0.717, 1.165) is 48.2 Å². The number of halogens is 1. The van der Waals surface area contributed by atoms with Crippen LogP contribution in [-0.4, -0.2) is 52.4 Å². The van der Waals surface area contributed by atoms with E-state index in [1.807, 2.05) is 29.2 Å². The Hall–Kier alpha value is -1.73. The van der Waals surface area contributed by atoms with Crippen LogP contribution >= 0.6 is 15.9 Å². The van der Waals surface area contributed by atoms with E-state index in [0.29, 0.717) is 12.6 Å². The average Bonchev–Trinajstić information content (AvgIpc) is 3.08. The smallest absolute Gasteiger partial charge is 0.253 e. The molecular formula is C17H21BrN4O2. The molecule has 0 atom stereocenters. The largest absolute Gasteiger partial charge is 0.384 e. The van der Waals surface area contributed by atoms with E-state index in [-0.39, 0.29) is 5.91 Å². The minimum absolute atomic E-state index is 0.101. The number of likely N-dealkylation sites (tertiary alicyclic amines) is 1. The number of amides is 1. The molecule has 1 aromatic heterocycles. The fraction of sp³-hybridized carbons (Fsp3) is 0.471. The summed E-state index contributed by atoms with van der Waals surface area (Å²) in [6.45, 7) is 2.14. The Morgan fingerprint density at radius 2 is 2.00 bits per heavy atom. The van der Waals surface area contributed by atoms with E-state index >= 15 is 0 Å². The Morgan fingerprint density at radius 1 is 1.29 bits per heavy atom. The number of ether oxygens (including phenoxy) is 1. The fourth-order valence-electron chi connectivity index (χ4n) is 3.07. The summed E-state index contributed by atoms with van der Waals surface area (Å²) < 4.78 is 8.25. The monoisotopic (exact) mass is 392 g/mol. The van der Waals surface area contributed by atoms with Crippen molar-refractivity contribution in [3.05, 3.63) is 46.5 Å². The predicted octanol–water partition coefficient (Wildman–Crippen LogP) is 2.71. The molecule has 1 saturated heterocycles. The van der Waals surface area contributed by atoms with Gasteiger partial charge in [0.2, 0.25) is 0 Å². The second-order valence-corrected chi connectivity index (χ2v) is 6.84. The fourth-order valence-corrected chi connectivity index (χ4v) is 3.33. The van der Waals surface area contributed by atoms with Gasteiger partial charge in [0.25, 0.3) is 5.91 Å². The number of aromatic nitrogens is 3. The van der Waals surface area contributed by atoms with Crippen LogP contribution in [0.25, 0.3) is 0 Å². The molecule has 2 heterocycles. The van der Waals surface area contributed by atoms with E-state index in [2.05, 4.69) is 30.7 Å². The highest BCUT2D eigenvalue weighted by Crippen LogP contribution is 2.25. The zero-order valence-corrected chi connectivity index (χ0v) is 15.3. The van der Waals surface area contributed by atoms with Crippen LogP contribution in [0, 0.1) is 0 Å². The number of benzene rings is 1. The molecule has 1 fully saturated rings. The van der Waals surface area contributed by atoms with Crippen LogP contribution in [0.1, 0.15) is 35.1 Å². The number of hydrogen-bond donors (Lipinski definition) is 0. The first-order chi connectivity index (χ1) is 11.7. The Kier molecular flexibility index (Phi) is 5.63. The van der Waals surface area contributed by atoms with Gasteiger partial charge in [-0.2, -0.15) is 0 Å².